The monoisotopic (exact) mass is 305 g/mol. The molecule has 1 aromatic carbocycles. The van der Waals surface area contributed by atoms with Gasteiger partial charge in [-0.1, -0.05) is 32.8 Å². The Balaban J connectivity index is 3.38. The van der Waals surface area contributed by atoms with Crippen LogP contribution in [0.15, 0.2) is 18.2 Å². The van der Waals surface area contributed by atoms with E-state index in [1.54, 1.807) is 19.9 Å². The summed E-state index contributed by atoms with van der Waals surface area (Å²) in [6.45, 7) is 9.27. The maximum atomic E-state index is 14.4. The van der Waals surface area contributed by atoms with Crippen LogP contribution in [0.25, 0.3) is 0 Å². The fourth-order valence-electron chi connectivity index (χ4n) is 2.40. The van der Waals surface area contributed by atoms with Crippen molar-refractivity contribution >= 4 is 5.97 Å². The molecule has 4 heteroatoms. The van der Waals surface area contributed by atoms with E-state index in [9.17, 15) is 9.18 Å². The molecule has 120 valence electrons. The van der Waals surface area contributed by atoms with Crippen molar-refractivity contribution in [2.45, 2.75) is 52.7 Å². The highest BCUT2D eigenvalue weighted by Crippen LogP contribution is 2.35. The van der Waals surface area contributed by atoms with Gasteiger partial charge in [-0.2, -0.15) is 0 Å². The molecule has 0 saturated carbocycles. The summed E-state index contributed by atoms with van der Waals surface area (Å²) in [7, 11) is 0. The molecule has 1 aromatic rings. The molecule has 0 aromatic heterocycles. The molecule has 22 heavy (non-hydrogen) atoms. The molecule has 0 bridgehead atoms. The Labute approximate surface area is 132 Å². The highest BCUT2D eigenvalue weighted by molar-refractivity contribution is 5.82. The van der Waals surface area contributed by atoms with E-state index in [1.165, 1.54) is 12.1 Å². The first-order valence-electron chi connectivity index (χ1n) is 7.26. The molecule has 0 saturated heterocycles. The molecule has 0 fully saturated rings. The van der Waals surface area contributed by atoms with Crippen molar-refractivity contribution in [1.82, 2.24) is 0 Å². The third-order valence-electron chi connectivity index (χ3n) is 3.13. The lowest BCUT2D eigenvalue weighted by molar-refractivity contribution is -0.156. The van der Waals surface area contributed by atoms with Gasteiger partial charge in [0.1, 0.15) is 11.4 Å². The number of carbonyl (C=O) groups is 1. The Bertz CT molecular complexity index is 596. The number of esters is 1. The molecule has 3 nitrogen and oxygen atoms in total. The summed E-state index contributed by atoms with van der Waals surface area (Å²) < 4.78 is 19.7. The van der Waals surface area contributed by atoms with Crippen molar-refractivity contribution in [3.8, 4) is 12.3 Å². The zero-order valence-corrected chi connectivity index (χ0v) is 13.9. The number of halogens is 1. The first-order chi connectivity index (χ1) is 9.99. The standard InChI is InChI=1S/C18H24FNO2/c1-7-13-8-9-14(15(19)10-13)18(20,11-17(4,5)6)16(21)22-12(2)3/h1,8-10,12H,11,20H2,2-6H3/t18-/m1/s1. The number of carbonyl (C=O) groups excluding carboxylic acids is 1. The highest BCUT2D eigenvalue weighted by atomic mass is 19.1. The number of ether oxygens (including phenoxy) is 1. The summed E-state index contributed by atoms with van der Waals surface area (Å²) in [4.78, 5) is 12.5. The number of nitrogens with two attached hydrogens (primary N) is 1. The number of hydrogen-bond acceptors (Lipinski definition) is 3. The summed E-state index contributed by atoms with van der Waals surface area (Å²) in [6, 6.07) is 4.26. The molecule has 0 unspecified atom stereocenters. The maximum Gasteiger partial charge on any atom is 0.331 e. The number of benzene rings is 1. The second kappa shape index (κ2) is 6.50. The Kier molecular flexibility index (Phi) is 5.37. The van der Waals surface area contributed by atoms with Gasteiger partial charge in [-0.15, -0.1) is 6.42 Å². The zero-order valence-electron chi connectivity index (χ0n) is 13.9. The lowest BCUT2D eigenvalue weighted by atomic mass is 9.76. The molecule has 1 rings (SSSR count). The van der Waals surface area contributed by atoms with Crippen LogP contribution in [0.2, 0.25) is 0 Å². The fraction of sp³-hybridized carbons (Fsp3) is 0.500. The normalized spacial score (nSPS) is 14.3. The molecule has 0 amide bonds. The summed E-state index contributed by atoms with van der Waals surface area (Å²) in [6.07, 6.45) is 5.18. The molecule has 0 aliphatic heterocycles. The molecule has 1 atom stereocenters. The van der Waals surface area contributed by atoms with Crippen LogP contribution in [0.1, 0.15) is 52.2 Å². The fourth-order valence-corrected chi connectivity index (χ4v) is 2.40. The van der Waals surface area contributed by atoms with Gasteiger partial charge in [-0.05, 0) is 37.8 Å². The van der Waals surface area contributed by atoms with Gasteiger partial charge in [0.2, 0.25) is 0 Å². The van der Waals surface area contributed by atoms with Crippen molar-refractivity contribution in [3.05, 3.63) is 35.1 Å². The third kappa shape index (κ3) is 4.32. The summed E-state index contributed by atoms with van der Waals surface area (Å²) in [5.41, 5.74) is 4.98. The zero-order chi connectivity index (χ0) is 17.1. The molecule has 0 aliphatic rings. The van der Waals surface area contributed by atoms with Crippen LogP contribution in [-0.2, 0) is 15.1 Å². The van der Waals surface area contributed by atoms with Gasteiger partial charge < -0.3 is 10.5 Å². The van der Waals surface area contributed by atoms with Gasteiger partial charge in [0.15, 0.2) is 0 Å². The smallest absolute Gasteiger partial charge is 0.331 e. The van der Waals surface area contributed by atoms with E-state index in [1.807, 2.05) is 20.8 Å². The van der Waals surface area contributed by atoms with E-state index in [-0.39, 0.29) is 23.5 Å². The van der Waals surface area contributed by atoms with Crippen LogP contribution in [0.5, 0.6) is 0 Å². The quantitative estimate of drug-likeness (QED) is 0.685. The Morgan fingerprint density at radius 2 is 2.00 bits per heavy atom. The van der Waals surface area contributed by atoms with Gasteiger partial charge in [-0.25, -0.2) is 9.18 Å². The second-order valence-electron chi connectivity index (χ2n) is 7.00. The first kappa shape index (κ1) is 18.2. The molecule has 0 spiro atoms. The lowest BCUT2D eigenvalue weighted by Crippen LogP contribution is -2.49. The van der Waals surface area contributed by atoms with E-state index in [0.29, 0.717) is 5.56 Å². The van der Waals surface area contributed by atoms with Crippen molar-refractivity contribution in [3.63, 3.8) is 0 Å². The van der Waals surface area contributed by atoms with E-state index >= 15 is 0 Å². The van der Waals surface area contributed by atoms with Crippen molar-refractivity contribution in [2.75, 3.05) is 0 Å². The average Bonchev–Trinajstić information content (AvgIpc) is 2.35. The van der Waals surface area contributed by atoms with Crippen molar-refractivity contribution in [1.29, 1.82) is 0 Å². The van der Waals surface area contributed by atoms with Gasteiger partial charge >= 0.3 is 5.97 Å². The number of rotatable bonds is 4. The van der Waals surface area contributed by atoms with Crippen molar-refractivity contribution < 1.29 is 13.9 Å². The van der Waals surface area contributed by atoms with E-state index in [2.05, 4.69) is 5.92 Å². The minimum atomic E-state index is -1.56. The van der Waals surface area contributed by atoms with Crippen LogP contribution in [-0.4, -0.2) is 12.1 Å². The van der Waals surface area contributed by atoms with Gasteiger partial charge in [0, 0.05) is 11.1 Å². The van der Waals surface area contributed by atoms with Gasteiger partial charge in [0.05, 0.1) is 6.10 Å². The minimum absolute atomic E-state index is 0.104. The summed E-state index contributed by atoms with van der Waals surface area (Å²) >= 11 is 0. The topological polar surface area (TPSA) is 52.3 Å². The molecule has 2 N–H and O–H groups in total. The van der Waals surface area contributed by atoms with Crippen LogP contribution < -0.4 is 5.73 Å². The predicted molar refractivity (Wildman–Crippen MR) is 85.5 cm³/mol. The van der Waals surface area contributed by atoms with E-state index in [4.69, 9.17) is 16.9 Å². The van der Waals surface area contributed by atoms with Crippen molar-refractivity contribution in [2.24, 2.45) is 11.1 Å². The Morgan fingerprint density at radius 1 is 1.41 bits per heavy atom. The van der Waals surface area contributed by atoms with Gasteiger partial charge in [-0.3, -0.25) is 0 Å². The van der Waals surface area contributed by atoms with Gasteiger partial charge in [0.25, 0.3) is 0 Å². The Hall–Kier alpha value is -1.86. The Morgan fingerprint density at radius 3 is 2.41 bits per heavy atom. The molecule has 0 radical (unpaired) electrons. The SMILES string of the molecule is C#Cc1ccc([C@](N)(CC(C)(C)C)C(=O)OC(C)C)c(F)c1. The lowest BCUT2D eigenvalue weighted by Gasteiger charge is -2.34. The largest absolute Gasteiger partial charge is 0.461 e. The third-order valence-corrected chi connectivity index (χ3v) is 3.13. The van der Waals surface area contributed by atoms with Crippen LogP contribution >= 0.6 is 0 Å². The van der Waals surface area contributed by atoms with E-state index < -0.39 is 17.3 Å². The summed E-state index contributed by atoms with van der Waals surface area (Å²) in [5.74, 6) is 1.13. The first-order valence-corrected chi connectivity index (χ1v) is 7.26. The van der Waals surface area contributed by atoms with Crippen LogP contribution in [0.3, 0.4) is 0 Å². The van der Waals surface area contributed by atoms with Crippen LogP contribution in [0.4, 0.5) is 4.39 Å². The second-order valence-corrected chi connectivity index (χ2v) is 7.00. The highest BCUT2D eigenvalue weighted by Gasteiger charge is 2.43. The number of hydrogen-bond donors (Lipinski definition) is 1. The minimum Gasteiger partial charge on any atom is -0.461 e. The van der Waals surface area contributed by atoms with E-state index in [0.717, 1.165) is 0 Å². The molecular weight excluding hydrogens is 281 g/mol. The molecule has 0 aliphatic carbocycles. The maximum absolute atomic E-state index is 14.4. The van der Waals surface area contributed by atoms with Crippen LogP contribution in [0, 0.1) is 23.6 Å². The molecule has 0 heterocycles. The summed E-state index contributed by atoms with van der Waals surface area (Å²) in [5, 5.41) is 0. The molecular formula is C18H24FNO2. The average molecular weight is 305 g/mol. The predicted octanol–water partition coefficient (Wildman–Crippen LogP) is 3.35. The number of terminal acetylenes is 1.